The first-order valence-corrected chi connectivity index (χ1v) is 7.80. The van der Waals surface area contributed by atoms with Gasteiger partial charge in [-0.1, -0.05) is 34.8 Å². The molecule has 1 heterocycles. The Hall–Kier alpha value is 0.01000. The molecule has 0 bridgehead atoms. The van der Waals surface area contributed by atoms with Crippen LogP contribution in [0.3, 0.4) is 0 Å². The Kier molecular flexibility index (Phi) is 5.79. The molecular formula is C14H19Cl3N2. The highest BCUT2D eigenvalue weighted by atomic mass is 35.5. The Morgan fingerprint density at radius 1 is 1.16 bits per heavy atom. The molecule has 1 atom stereocenters. The Morgan fingerprint density at radius 2 is 1.79 bits per heavy atom. The first kappa shape index (κ1) is 15.4. The molecule has 0 aromatic heterocycles. The first-order valence-electron chi connectivity index (χ1n) is 6.66. The second-order valence-electron chi connectivity index (χ2n) is 5.04. The third kappa shape index (κ3) is 3.99. The molecule has 1 fully saturated rings. The van der Waals surface area contributed by atoms with E-state index in [0.717, 1.165) is 12.1 Å². The monoisotopic (exact) mass is 320 g/mol. The quantitative estimate of drug-likeness (QED) is 0.817. The number of benzene rings is 1. The molecule has 1 aromatic carbocycles. The van der Waals surface area contributed by atoms with Gasteiger partial charge >= 0.3 is 0 Å². The summed E-state index contributed by atoms with van der Waals surface area (Å²) in [5, 5.41) is 5.18. The molecule has 2 nitrogen and oxygen atoms in total. The summed E-state index contributed by atoms with van der Waals surface area (Å²) < 4.78 is 0. The van der Waals surface area contributed by atoms with Gasteiger partial charge in [0.1, 0.15) is 0 Å². The van der Waals surface area contributed by atoms with E-state index in [9.17, 15) is 0 Å². The van der Waals surface area contributed by atoms with Crippen molar-refractivity contribution < 1.29 is 0 Å². The van der Waals surface area contributed by atoms with Gasteiger partial charge < -0.3 is 5.32 Å². The SMILES string of the molecule is CC(CNCc1c(Cl)ccc(Cl)c1Cl)N1CCCC1. The van der Waals surface area contributed by atoms with Gasteiger partial charge in [0.05, 0.1) is 10.0 Å². The number of halogens is 3. The van der Waals surface area contributed by atoms with Crippen molar-refractivity contribution in [2.75, 3.05) is 19.6 Å². The van der Waals surface area contributed by atoms with Crippen molar-refractivity contribution in [3.8, 4) is 0 Å². The molecule has 1 unspecified atom stereocenters. The van der Waals surface area contributed by atoms with E-state index in [1.165, 1.54) is 25.9 Å². The zero-order valence-electron chi connectivity index (χ0n) is 11.1. The molecule has 0 saturated carbocycles. The van der Waals surface area contributed by atoms with Gasteiger partial charge in [-0.15, -0.1) is 0 Å². The molecule has 1 aliphatic rings. The predicted octanol–water partition coefficient (Wildman–Crippen LogP) is 4.22. The smallest absolute Gasteiger partial charge is 0.0652 e. The van der Waals surface area contributed by atoms with Crippen molar-refractivity contribution in [3.05, 3.63) is 32.8 Å². The van der Waals surface area contributed by atoms with E-state index in [-0.39, 0.29) is 0 Å². The lowest BCUT2D eigenvalue weighted by atomic mass is 10.2. The van der Waals surface area contributed by atoms with E-state index in [1.807, 2.05) is 0 Å². The zero-order valence-corrected chi connectivity index (χ0v) is 13.3. The summed E-state index contributed by atoms with van der Waals surface area (Å²) in [6.45, 7) is 6.25. The maximum Gasteiger partial charge on any atom is 0.0652 e. The third-order valence-electron chi connectivity index (χ3n) is 3.64. The molecule has 0 amide bonds. The van der Waals surface area contributed by atoms with Gasteiger partial charge in [0, 0.05) is 29.7 Å². The van der Waals surface area contributed by atoms with Crippen molar-refractivity contribution in [2.24, 2.45) is 0 Å². The van der Waals surface area contributed by atoms with Crippen LogP contribution in [0.4, 0.5) is 0 Å². The molecule has 0 aliphatic carbocycles. The van der Waals surface area contributed by atoms with Crippen molar-refractivity contribution in [2.45, 2.75) is 32.4 Å². The number of nitrogens with zero attached hydrogens (tertiary/aromatic N) is 1. The van der Waals surface area contributed by atoms with E-state index in [1.54, 1.807) is 12.1 Å². The van der Waals surface area contributed by atoms with Crippen LogP contribution in [0.1, 0.15) is 25.3 Å². The summed E-state index contributed by atoms with van der Waals surface area (Å²) in [6.07, 6.45) is 2.63. The van der Waals surface area contributed by atoms with E-state index in [0.29, 0.717) is 27.7 Å². The van der Waals surface area contributed by atoms with E-state index >= 15 is 0 Å². The predicted molar refractivity (Wildman–Crippen MR) is 83.4 cm³/mol. The van der Waals surface area contributed by atoms with Crippen LogP contribution in [0.25, 0.3) is 0 Å². The van der Waals surface area contributed by atoms with Gasteiger partial charge in [-0.25, -0.2) is 0 Å². The van der Waals surface area contributed by atoms with Gasteiger partial charge in [-0.2, -0.15) is 0 Å². The third-order valence-corrected chi connectivity index (χ3v) is 4.84. The van der Waals surface area contributed by atoms with Crippen LogP contribution in [0.5, 0.6) is 0 Å². The van der Waals surface area contributed by atoms with Gasteiger partial charge in [0.2, 0.25) is 0 Å². The van der Waals surface area contributed by atoms with Crippen LogP contribution in [-0.2, 0) is 6.54 Å². The molecular weight excluding hydrogens is 303 g/mol. The number of likely N-dealkylation sites (tertiary alicyclic amines) is 1. The summed E-state index contributed by atoms with van der Waals surface area (Å²) in [7, 11) is 0. The van der Waals surface area contributed by atoms with Crippen LogP contribution in [0.2, 0.25) is 15.1 Å². The average molecular weight is 322 g/mol. The fourth-order valence-corrected chi connectivity index (χ4v) is 3.13. The van der Waals surface area contributed by atoms with Gasteiger partial charge in [0.25, 0.3) is 0 Å². The first-order chi connectivity index (χ1) is 9.09. The summed E-state index contributed by atoms with van der Waals surface area (Å²) in [6, 6.07) is 4.05. The maximum atomic E-state index is 6.17. The fraction of sp³-hybridized carbons (Fsp3) is 0.571. The second-order valence-corrected chi connectivity index (χ2v) is 6.24. The van der Waals surface area contributed by atoms with Gasteiger partial charge in [0.15, 0.2) is 0 Å². The molecule has 0 radical (unpaired) electrons. The lowest BCUT2D eigenvalue weighted by molar-refractivity contribution is 0.251. The lowest BCUT2D eigenvalue weighted by Crippen LogP contribution is -2.38. The Bertz CT molecular complexity index is 431. The molecule has 19 heavy (non-hydrogen) atoms. The van der Waals surface area contributed by atoms with Gasteiger partial charge in [-0.3, -0.25) is 4.90 Å². The van der Waals surface area contributed by atoms with Crippen LogP contribution in [-0.4, -0.2) is 30.6 Å². The Balaban J connectivity index is 1.87. The topological polar surface area (TPSA) is 15.3 Å². The molecule has 0 spiro atoms. The summed E-state index contributed by atoms with van der Waals surface area (Å²) >= 11 is 18.3. The molecule has 1 aromatic rings. The lowest BCUT2D eigenvalue weighted by Gasteiger charge is -2.24. The minimum atomic E-state index is 0.541. The molecule has 1 N–H and O–H groups in total. The fourth-order valence-electron chi connectivity index (χ4n) is 2.45. The van der Waals surface area contributed by atoms with Crippen LogP contribution < -0.4 is 5.32 Å². The standard InChI is InChI=1S/C14H19Cl3N2/c1-10(19-6-2-3-7-19)8-18-9-11-12(15)4-5-13(16)14(11)17/h4-5,10,18H,2-3,6-9H2,1H3. The second kappa shape index (κ2) is 7.14. The largest absolute Gasteiger partial charge is 0.311 e. The van der Waals surface area contributed by atoms with Crippen molar-refractivity contribution in [1.29, 1.82) is 0 Å². The molecule has 1 saturated heterocycles. The van der Waals surface area contributed by atoms with Gasteiger partial charge in [-0.05, 0) is 45.0 Å². The highest BCUT2D eigenvalue weighted by Gasteiger charge is 2.17. The zero-order chi connectivity index (χ0) is 13.8. The minimum absolute atomic E-state index is 0.541. The van der Waals surface area contributed by atoms with Crippen LogP contribution in [0.15, 0.2) is 12.1 Å². The van der Waals surface area contributed by atoms with Crippen LogP contribution in [0, 0.1) is 0 Å². The van der Waals surface area contributed by atoms with Crippen molar-refractivity contribution in [3.63, 3.8) is 0 Å². The molecule has 2 rings (SSSR count). The molecule has 1 aliphatic heterocycles. The molecule has 106 valence electrons. The summed E-state index contributed by atoms with van der Waals surface area (Å²) in [5.74, 6) is 0. The number of nitrogens with one attached hydrogen (secondary N) is 1. The maximum absolute atomic E-state index is 6.17. The van der Waals surface area contributed by atoms with E-state index < -0.39 is 0 Å². The van der Waals surface area contributed by atoms with Crippen LogP contribution >= 0.6 is 34.8 Å². The highest BCUT2D eigenvalue weighted by Crippen LogP contribution is 2.31. The number of hydrogen-bond donors (Lipinski definition) is 1. The highest BCUT2D eigenvalue weighted by molar-refractivity contribution is 6.44. The summed E-state index contributed by atoms with van der Waals surface area (Å²) in [5.41, 5.74) is 0.879. The Labute approximate surface area is 130 Å². The summed E-state index contributed by atoms with van der Waals surface area (Å²) in [4.78, 5) is 2.51. The number of hydrogen-bond acceptors (Lipinski definition) is 2. The Morgan fingerprint density at radius 3 is 2.47 bits per heavy atom. The normalized spacial score (nSPS) is 17.9. The molecule has 5 heteroatoms. The number of rotatable bonds is 5. The van der Waals surface area contributed by atoms with Crippen molar-refractivity contribution in [1.82, 2.24) is 10.2 Å². The average Bonchev–Trinajstić information content (AvgIpc) is 2.92. The van der Waals surface area contributed by atoms with E-state index in [4.69, 9.17) is 34.8 Å². The van der Waals surface area contributed by atoms with E-state index in [2.05, 4.69) is 17.1 Å². The minimum Gasteiger partial charge on any atom is -0.311 e. The van der Waals surface area contributed by atoms with Crippen molar-refractivity contribution >= 4 is 34.8 Å².